The number of nitrogens with one attached hydrogen (secondary N) is 2. The molecule has 1 aliphatic rings. The summed E-state index contributed by atoms with van der Waals surface area (Å²) in [6.07, 6.45) is 5.09. The first-order valence-corrected chi connectivity index (χ1v) is 14.0. The highest BCUT2D eigenvalue weighted by molar-refractivity contribution is 14.1. The van der Waals surface area contributed by atoms with Crippen molar-refractivity contribution in [1.29, 1.82) is 0 Å². The Balaban J connectivity index is 1.60. The van der Waals surface area contributed by atoms with E-state index in [-0.39, 0.29) is 43.5 Å². The van der Waals surface area contributed by atoms with Crippen LogP contribution in [0, 0.1) is 3.57 Å². The van der Waals surface area contributed by atoms with E-state index >= 15 is 0 Å². The number of carboxylic acids is 1. The number of carbonyl (C=O) groups is 5. The summed E-state index contributed by atoms with van der Waals surface area (Å²) in [5.74, 6) is -2.31. The number of hydrogen-bond acceptors (Lipinski definition) is 6. The number of carbonyl (C=O) groups excluding carboxylic acids is 4. The number of aryl methyl sites for hydroxylation is 1. The summed E-state index contributed by atoms with van der Waals surface area (Å²) in [5, 5.41) is 14.3. The van der Waals surface area contributed by atoms with Gasteiger partial charge in [-0.15, -0.1) is 0 Å². The lowest BCUT2D eigenvalue weighted by molar-refractivity contribution is -0.143. The lowest BCUT2D eigenvalue weighted by Gasteiger charge is -2.17. The van der Waals surface area contributed by atoms with Crippen molar-refractivity contribution in [3.63, 3.8) is 0 Å². The molecule has 4 amide bonds. The lowest BCUT2D eigenvalue weighted by atomic mass is 10.1. The Morgan fingerprint density at radius 3 is 2.46 bits per heavy atom. The Kier molecular flexibility index (Phi) is 12.5. The fraction of sp³-hybridized carbons (Fsp3) is 0.542. The Hall–Kier alpha value is -2.15. The second kappa shape index (κ2) is 15.1. The van der Waals surface area contributed by atoms with Crippen molar-refractivity contribution in [1.82, 2.24) is 15.5 Å². The number of halogens is 1. The van der Waals surface area contributed by atoms with E-state index in [0.29, 0.717) is 25.8 Å². The standard InChI is InChI=1S/C24H32IN3O6S/c1-35-19-15-22(31)28(23(19)32)14-12-21(30)27-18(24(33)34)6-2-3-13-26-20(29)7-4-5-16-8-10-17(25)11-9-16/h8-11,18-19H,2-7,12-15H2,1H3,(H,26,29)(H,27,30)(H,33,34)/t18-,19?/m1/s1. The highest BCUT2D eigenvalue weighted by Crippen LogP contribution is 2.23. The van der Waals surface area contributed by atoms with Gasteiger partial charge in [0.15, 0.2) is 0 Å². The number of unbranched alkanes of at least 4 members (excludes halogenated alkanes) is 1. The lowest BCUT2D eigenvalue weighted by Crippen LogP contribution is -2.42. The van der Waals surface area contributed by atoms with Crippen molar-refractivity contribution >= 4 is 64.0 Å². The van der Waals surface area contributed by atoms with E-state index < -0.39 is 23.2 Å². The van der Waals surface area contributed by atoms with Gasteiger partial charge in [-0.05, 0) is 78.6 Å². The van der Waals surface area contributed by atoms with Gasteiger partial charge < -0.3 is 15.7 Å². The number of carboxylic acid groups (broad SMARTS) is 1. The SMILES string of the molecule is CSC1CC(=O)N(CCC(=O)N[C@H](CCCCNC(=O)CCCc2ccc(I)cc2)C(=O)O)C1=O. The van der Waals surface area contributed by atoms with Gasteiger partial charge in [0.1, 0.15) is 6.04 Å². The molecule has 1 aromatic rings. The molecule has 192 valence electrons. The average molecular weight is 618 g/mol. The fourth-order valence-corrected chi connectivity index (χ4v) is 4.70. The summed E-state index contributed by atoms with van der Waals surface area (Å²) < 4.78 is 1.17. The van der Waals surface area contributed by atoms with E-state index in [1.165, 1.54) is 20.9 Å². The molecule has 0 spiro atoms. The Morgan fingerprint density at radius 1 is 1.11 bits per heavy atom. The van der Waals surface area contributed by atoms with Crippen molar-refractivity contribution in [3.8, 4) is 0 Å². The van der Waals surface area contributed by atoms with Crippen molar-refractivity contribution in [2.45, 2.75) is 62.7 Å². The average Bonchev–Trinajstić information content (AvgIpc) is 3.10. The van der Waals surface area contributed by atoms with Crippen molar-refractivity contribution < 1.29 is 29.1 Å². The van der Waals surface area contributed by atoms with E-state index in [9.17, 15) is 29.1 Å². The predicted octanol–water partition coefficient (Wildman–Crippen LogP) is 2.35. The third-order valence-corrected chi connectivity index (χ3v) is 7.36. The number of imide groups is 1. The Bertz CT molecular complexity index is 911. The first-order chi connectivity index (χ1) is 16.7. The van der Waals surface area contributed by atoms with Crippen molar-refractivity contribution in [2.75, 3.05) is 19.3 Å². The van der Waals surface area contributed by atoms with Crippen LogP contribution in [0.4, 0.5) is 0 Å². The Labute approximate surface area is 223 Å². The monoisotopic (exact) mass is 617 g/mol. The predicted molar refractivity (Wildman–Crippen MR) is 142 cm³/mol. The van der Waals surface area contributed by atoms with Gasteiger partial charge >= 0.3 is 5.97 Å². The van der Waals surface area contributed by atoms with Crippen LogP contribution in [0.25, 0.3) is 0 Å². The summed E-state index contributed by atoms with van der Waals surface area (Å²) in [5.41, 5.74) is 1.20. The maximum Gasteiger partial charge on any atom is 0.326 e. The maximum atomic E-state index is 12.2. The van der Waals surface area contributed by atoms with Crippen molar-refractivity contribution in [2.24, 2.45) is 0 Å². The molecule has 1 aliphatic heterocycles. The molecular weight excluding hydrogens is 585 g/mol. The maximum absolute atomic E-state index is 12.2. The zero-order valence-electron chi connectivity index (χ0n) is 19.8. The first kappa shape index (κ1) is 29.1. The number of hydrogen-bond donors (Lipinski definition) is 3. The Morgan fingerprint density at radius 2 is 1.83 bits per heavy atom. The number of rotatable bonds is 15. The normalized spacial score (nSPS) is 16.3. The molecular formula is C24H32IN3O6S. The highest BCUT2D eigenvalue weighted by atomic mass is 127. The zero-order valence-corrected chi connectivity index (χ0v) is 22.7. The van der Waals surface area contributed by atoms with Crippen LogP contribution in [0.2, 0.25) is 0 Å². The molecule has 11 heteroatoms. The minimum absolute atomic E-state index is 0.0340. The molecule has 0 aliphatic carbocycles. The van der Waals surface area contributed by atoms with E-state index in [4.69, 9.17) is 0 Å². The number of benzene rings is 1. The minimum Gasteiger partial charge on any atom is -0.480 e. The number of likely N-dealkylation sites (tertiary alicyclic amines) is 1. The van der Waals surface area contributed by atoms with Crippen molar-refractivity contribution in [3.05, 3.63) is 33.4 Å². The topological polar surface area (TPSA) is 133 Å². The van der Waals surface area contributed by atoms with Gasteiger partial charge in [-0.25, -0.2) is 4.79 Å². The van der Waals surface area contributed by atoms with E-state index in [1.54, 1.807) is 6.26 Å². The second-order valence-electron chi connectivity index (χ2n) is 8.35. The first-order valence-electron chi connectivity index (χ1n) is 11.6. The molecule has 1 fully saturated rings. The molecule has 0 saturated carbocycles. The molecule has 1 aromatic carbocycles. The van der Waals surface area contributed by atoms with Crippen LogP contribution < -0.4 is 10.6 Å². The van der Waals surface area contributed by atoms with Crippen LogP contribution >= 0.6 is 34.4 Å². The highest BCUT2D eigenvalue weighted by Gasteiger charge is 2.37. The van der Waals surface area contributed by atoms with Crippen LogP contribution in [0.5, 0.6) is 0 Å². The van der Waals surface area contributed by atoms with Gasteiger partial charge in [0.05, 0.1) is 5.25 Å². The van der Waals surface area contributed by atoms with Gasteiger partial charge in [-0.2, -0.15) is 11.8 Å². The molecule has 0 bridgehead atoms. The van der Waals surface area contributed by atoms with Crippen LogP contribution in [0.15, 0.2) is 24.3 Å². The largest absolute Gasteiger partial charge is 0.480 e. The smallest absolute Gasteiger partial charge is 0.326 e. The summed E-state index contributed by atoms with van der Waals surface area (Å²) >= 11 is 3.55. The number of aliphatic carboxylic acids is 1. The van der Waals surface area contributed by atoms with Crippen LogP contribution in [0.3, 0.4) is 0 Å². The quantitative estimate of drug-likeness (QED) is 0.156. The van der Waals surface area contributed by atoms with Crippen LogP contribution in [0.1, 0.15) is 50.5 Å². The number of nitrogens with zero attached hydrogens (tertiary/aromatic N) is 1. The molecule has 2 atom stereocenters. The molecule has 9 nitrogen and oxygen atoms in total. The summed E-state index contributed by atoms with van der Waals surface area (Å²) in [7, 11) is 0. The minimum atomic E-state index is -1.14. The van der Waals surface area contributed by atoms with Gasteiger partial charge in [-0.3, -0.25) is 24.1 Å². The molecule has 1 unspecified atom stereocenters. The molecule has 3 N–H and O–H groups in total. The number of thioether (sulfide) groups is 1. The summed E-state index contributed by atoms with van der Waals surface area (Å²) in [6.45, 7) is 0.390. The molecule has 0 aromatic heterocycles. The second-order valence-corrected chi connectivity index (χ2v) is 10.6. The summed E-state index contributed by atoms with van der Waals surface area (Å²) in [6, 6.07) is 7.14. The van der Waals surface area contributed by atoms with E-state index in [2.05, 4.69) is 45.4 Å². The van der Waals surface area contributed by atoms with Gasteiger partial charge in [0.2, 0.25) is 23.6 Å². The molecule has 0 radical (unpaired) electrons. The van der Waals surface area contributed by atoms with Gasteiger partial charge in [-0.1, -0.05) is 12.1 Å². The van der Waals surface area contributed by atoms with Crippen LogP contribution in [-0.4, -0.2) is 70.2 Å². The van der Waals surface area contributed by atoms with Crippen LogP contribution in [-0.2, 0) is 30.4 Å². The van der Waals surface area contributed by atoms with Gasteiger partial charge in [0, 0.05) is 35.9 Å². The molecule has 35 heavy (non-hydrogen) atoms. The molecule has 1 heterocycles. The number of amides is 4. The van der Waals surface area contributed by atoms with E-state index in [1.807, 2.05) is 12.1 Å². The third-order valence-electron chi connectivity index (χ3n) is 5.71. The molecule has 2 rings (SSSR count). The zero-order chi connectivity index (χ0) is 25.8. The fourth-order valence-electron chi connectivity index (χ4n) is 3.70. The van der Waals surface area contributed by atoms with E-state index in [0.717, 1.165) is 17.7 Å². The molecule has 1 saturated heterocycles. The van der Waals surface area contributed by atoms with Gasteiger partial charge in [0.25, 0.3) is 0 Å². The third kappa shape index (κ3) is 10.2. The summed E-state index contributed by atoms with van der Waals surface area (Å²) in [4.78, 5) is 60.8.